The Kier molecular flexibility index (Phi) is 3.30. The average Bonchev–Trinajstić information content (AvgIpc) is 3.31. The van der Waals surface area contributed by atoms with Gasteiger partial charge < -0.3 is 14.3 Å². The summed E-state index contributed by atoms with van der Waals surface area (Å²) in [6.07, 6.45) is 2.91. The molecule has 0 radical (unpaired) electrons. The Balaban J connectivity index is 1.75. The maximum absolute atomic E-state index is 12.6. The summed E-state index contributed by atoms with van der Waals surface area (Å²) < 4.78 is 10.6. The maximum Gasteiger partial charge on any atom is 0.259 e. The second kappa shape index (κ2) is 5.61. The third-order valence-corrected chi connectivity index (χ3v) is 3.46. The molecule has 4 rings (SSSR count). The van der Waals surface area contributed by atoms with Crippen LogP contribution in [0.1, 0.15) is 21.9 Å². The van der Waals surface area contributed by atoms with E-state index in [1.165, 1.54) is 12.6 Å². The van der Waals surface area contributed by atoms with Gasteiger partial charge in [0.05, 0.1) is 23.8 Å². The molecule has 0 aliphatic heterocycles. The molecule has 0 saturated heterocycles. The topological polar surface area (TPSA) is 123 Å². The van der Waals surface area contributed by atoms with Gasteiger partial charge in [0.25, 0.3) is 11.6 Å². The zero-order valence-electron chi connectivity index (χ0n) is 12.6. The van der Waals surface area contributed by atoms with E-state index in [1.807, 2.05) is 0 Å². The van der Waals surface area contributed by atoms with Crippen molar-refractivity contribution in [3.63, 3.8) is 0 Å². The van der Waals surface area contributed by atoms with E-state index in [0.29, 0.717) is 33.9 Å². The molecule has 0 saturated carbocycles. The largest absolute Gasteiger partial charge is 0.463 e. The first-order valence-electron chi connectivity index (χ1n) is 7.15. The summed E-state index contributed by atoms with van der Waals surface area (Å²) in [6.45, 7) is 2.00. The summed E-state index contributed by atoms with van der Waals surface area (Å²) in [4.78, 5) is 20.9. The standard InChI is InChI=1S/C15H12N6O3/c1-8-5-9(14(22)16-6-11-17-7-18-20-11)12-13(10-3-2-4-23-10)21-24-15(12)19-8/h2-5,7H,6H2,1H3,(H,16,22)(H,17,18,20). The number of furan rings is 1. The zero-order valence-corrected chi connectivity index (χ0v) is 12.6. The Morgan fingerprint density at radius 2 is 2.33 bits per heavy atom. The average molecular weight is 324 g/mol. The smallest absolute Gasteiger partial charge is 0.259 e. The van der Waals surface area contributed by atoms with Crippen LogP contribution in [-0.2, 0) is 6.54 Å². The number of rotatable bonds is 4. The molecular formula is C15H12N6O3. The second-order valence-electron chi connectivity index (χ2n) is 5.11. The number of nitrogens with zero attached hydrogens (tertiary/aromatic N) is 4. The molecule has 1 amide bonds. The van der Waals surface area contributed by atoms with Crippen LogP contribution in [0.4, 0.5) is 0 Å². The van der Waals surface area contributed by atoms with Crippen molar-refractivity contribution in [3.05, 3.63) is 47.9 Å². The Labute approximate surface area is 135 Å². The van der Waals surface area contributed by atoms with Gasteiger partial charge in [0.1, 0.15) is 12.2 Å². The van der Waals surface area contributed by atoms with E-state index in [9.17, 15) is 4.79 Å². The van der Waals surface area contributed by atoms with Crippen LogP contribution >= 0.6 is 0 Å². The van der Waals surface area contributed by atoms with Crippen LogP contribution in [0.15, 0.2) is 39.7 Å². The lowest BCUT2D eigenvalue weighted by Crippen LogP contribution is -2.24. The third-order valence-electron chi connectivity index (χ3n) is 3.46. The summed E-state index contributed by atoms with van der Waals surface area (Å²) in [5.41, 5.74) is 1.78. The Morgan fingerprint density at radius 1 is 1.42 bits per heavy atom. The highest BCUT2D eigenvalue weighted by Crippen LogP contribution is 2.30. The lowest BCUT2D eigenvalue weighted by Gasteiger charge is -2.05. The van der Waals surface area contributed by atoms with Crippen LogP contribution in [0, 0.1) is 6.92 Å². The number of aryl methyl sites for hydroxylation is 1. The molecule has 24 heavy (non-hydrogen) atoms. The van der Waals surface area contributed by atoms with Gasteiger partial charge in [-0.15, -0.1) is 0 Å². The zero-order chi connectivity index (χ0) is 16.5. The van der Waals surface area contributed by atoms with Gasteiger partial charge in [-0.05, 0) is 25.1 Å². The summed E-state index contributed by atoms with van der Waals surface area (Å²) in [5, 5.41) is 13.7. The molecule has 4 aromatic heterocycles. The van der Waals surface area contributed by atoms with Crippen molar-refractivity contribution < 1.29 is 13.7 Å². The predicted molar refractivity (Wildman–Crippen MR) is 81.8 cm³/mol. The van der Waals surface area contributed by atoms with E-state index in [0.717, 1.165) is 0 Å². The van der Waals surface area contributed by atoms with E-state index in [-0.39, 0.29) is 18.2 Å². The van der Waals surface area contributed by atoms with E-state index in [4.69, 9.17) is 8.94 Å². The fourth-order valence-electron chi connectivity index (χ4n) is 2.41. The second-order valence-corrected chi connectivity index (χ2v) is 5.11. The van der Waals surface area contributed by atoms with Crippen LogP contribution in [0.25, 0.3) is 22.6 Å². The number of carbonyl (C=O) groups is 1. The number of hydrogen-bond acceptors (Lipinski definition) is 7. The number of hydrogen-bond donors (Lipinski definition) is 2. The summed E-state index contributed by atoms with van der Waals surface area (Å²) >= 11 is 0. The maximum atomic E-state index is 12.6. The quantitative estimate of drug-likeness (QED) is 0.587. The molecule has 0 atom stereocenters. The molecule has 0 bridgehead atoms. The summed E-state index contributed by atoms with van der Waals surface area (Å²) in [7, 11) is 0. The molecule has 2 N–H and O–H groups in total. The number of aromatic nitrogens is 5. The number of aromatic amines is 1. The molecule has 0 aliphatic rings. The fourth-order valence-corrected chi connectivity index (χ4v) is 2.41. The van der Waals surface area contributed by atoms with Crippen molar-refractivity contribution in [2.45, 2.75) is 13.5 Å². The fraction of sp³-hybridized carbons (Fsp3) is 0.133. The highest BCUT2D eigenvalue weighted by Gasteiger charge is 2.22. The van der Waals surface area contributed by atoms with Gasteiger partial charge in [-0.25, -0.2) is 9.97 Å². The van der Waals surface area contributed by atoms with Crippen molar-refractivity contribution in [1.82, 2.24) is 30.6 Å². The number of H-pyrrole nitrogens is 1. The number of nitrogens with one attached hydrogen (secondary N) is 2. The highest BCUT2D eigenvalue weighted by molar-refractivity contribution is 6.09. The van der Waals surface area contributed by atoms with E-state index < -0.39 is 0 Å². The third kappa shape index (κ3) is 2.41. The van der Waals surface area contributed by atoms with Gasteiger partial charge in [0.2, 0.25) is 0 Å². The van der Waals surface area contributed by atoms with Crippen molar-refractivity contribution >= 4 is 17.0 Å². The SMILES string of the molecule is Cc1cc(C(=O)NCc2ncn[nH]2)c2c(-c3ccco3)noc2n1. The molecule has 9 nitrogen and oxygen atoms in total. The van der Waals surface area contributed by atoms with Gasteiger partial charge >= 0.3 is 0 Å². The van der Waals surface area contributed by atoms with E-state index >= 15 is 0 Å². The molecule has 0 unspecified atom stereocenters. The monoisotopic (exact) mass is 324 g/mol. The van der Waals surface area contributed by atoms with Crippen molar-refractivity contribution in [3.8, 4) is 11.5 Å². The molecule has 0 spiro atoms. The molecule has 0 fully saturated rings. The van der Waals surface area contributed by atoms with Crippen LogP contribution in [0.3, 0.4) is 0 Å². The van der Waals surface area contributed by atoms with E-state index in [1.54, 1.807) is 25.1 Å². The number of pyridine rings is 1. The van der Waals surface area contributed by atoms with Crippen LogP contribution in [-0.4, -0.2) is 31.2 Å². The van der Waals surface area contributed by atoms with Gasteiger partial charge in [0, 0.05) is 5.69 Å². The van der Waals surface area contributed by atoms with Crippen molar-refractivity contribution in [2.75, 3.05) is 0 Å². The van der Waals surface area contributed by atoms with Crippen LogP contribution < -0.4 is 5.32 Å². The van der Waals surface area contributed by atoms with E-state index in [2.05, 4.69) is 30.6 Å². The number of carbonyl (C=O) groups excluding carboxylic acids is 1. The Hall–Kier alpha value is -3.49. The molecule has 0 aliphatic carbocycles. The lowest BCUT2D eigenvalue weighted by atomic mass is 10.1. The molecule has 4 aromatic rings. The molecule has 0 aromatic carbocycles. The molecule has 9 heteroatoms. The van der Waals surface area contributed by atoms with Gasteiger partial charge in [-0.2, -0.15) is 5.10 Å². The van der Waals surface area contributed by atoms with Crippen molar-refractivity contribution in [2.24, 2.45) is 0 Å². The first-order valence-corrected chi connectivity index (χ1v) is 7.15. The first-order chi connectivity index (χ1) is 11.7. The summed E-state index contributed by atoms with van der Waals surface area (Å²) in [5.74, 6) is 0.767. The first kappa shape index (κ1) is 14.1. The van der Waals surface area contributed by atoms with Gasteiger partial charge in [0.15, 0.2) is 11.5 Å². The normalized spacial score (nSPS) is 11.0. The lowest BCUT2D eigenvalue weighted by molar-refractivity contribution is 0.0951. The summed E-state index contributed by atoms with van der Waals surface area (Å²) in [6, 6.07) is 5.16. The molecular weight excluding hydrogens is 312 g/mol. The van der Waals surface area contributed by atoms with Crippen LogP contribution in [0.5, 0.6) is 0 Å². The minimum Gasteiger partial charge on any atom is -0.463 e. The number of fused-ring (bicyclic) bond motifs is 1. The predicted octanol–water partition coefficient (Wildman–Crippen LogP) is 1.84. The minimum absolute atomic E-state index is 0.225. The molecule has 4 heterocycles. The number of amides is 1. The minimum atomic E-state index is -0.294. The molecule has 120 valence electrons. The van der Waals surface area contributed by atoms with Gasteiger partial charge in [-0.3, -0.25) is 9.89 Å². The Bertz CT molecular complexity index is 988. The highest BCUT2D eigenvalue weighted by atomic mass is 16.5. The Morgan fingerprint density at radius 3 is 3.08 bits per heavy atom. The van der Waals surface area contributed by atoms with Crippen molar-refractivity contribution in [1.29, 1.82) is 0 Å². The van der Waals surface area contributed by atoms with Crippen LogP contribution in [0.2, 0.25) is 0 Å². The van der Waals surface area contributed by atoms with Gasteiger partial charge in [-0.1, -0.05) is 5.16 Å².